The van der Waals surface area contributed by atoms with Gasteiger partial charge in [-0.2, -0.15) is 0 Å². The van der Waals surface area contributed by atoms with Crippen molar-refractivity contribution in [2.45, 2.75) is 51.3 Å². The molecule has 1 saturated heterocycles. The molecule has 1 heterocycles. The molecular weight excluding hydrogens is 404 g/mol. The highest BCUT2D eigenvalue weighted by Crippen LogP contribution is 2.40. The van der Waals surface area contributed by atoms with E-state index < -0.39 is 0 Å². The van der Waals surface area contributed by atoms with Crippen LogP contribution < -0.4 is 16.2 Å². The van der Waals surface area contributed by atoms with E-state index in [2.05, 4.69) is 35.6 Å². The SMILES string of the molecule is CN=C(/C=C(\N)C(=N)c1cc(OC2(C)CC2)ccc1N)N1CCN(C(C)COC)[C@H](C)C1. The van der Waals surface area contributed by atoms with E-state index in [-0.39, 0.29) is 11.3 Å². The number of rotatable bonds is 8. The zero-order valence-corrected chi connectivity index (χ0v) is 20.0. The predicted molar refractivity (Wildman–Crippen MR) is 131 cm³/mol. The van der Waals surface area contributed by atoms with Gasteiger partial charge in [0, 0.05) is 63.2 Å². The van der Waals surface area contributed by atoms with E-state index in [9.17, 15) is 0 Å². The van der Waals surface area contributed by atoms with Gasteiger partial charge in [0.05, 0.1) is 18.0 Å². The molecule has 2 aliphatic rings. The van der Waals surface area contributed by atoms with Crippen molar-refractivity contribution in [2.75, 3.05) is 46.1 Å². The van der Waals surface area contributed by atoms with Crippen LogP contribution in [-0.4, -0.2) is 79.4 Å². The first-order valence-electron chi connectivity index (χ1n) is 11.3. The number of aliphatic imine (C=N–C) groups is 1. The number of nitrogen functional groups attached to an aromatic ring is 1. The third-order valence-corrected chi connectivity index (χ3v) is 6.39. The van der Waals surface area contributed by atoms with Crippen LogP contribution in [0.2, 0.25) is 0 Å². The number of anilines is 1. The Morgan fingerprint density at radius 2 is 2.09 bits per heavy atom. The lowest BCUT2D eigenvalue weighted by molar-refractivity contribution is 0.0411. The van der Waals surface area contributed by atoms with Gasteiger partial charge in [0.25, 0.3) is 0 Å². The van der Waals surface area contributed by atoms with Crippen molar-refractivity contribution in [3.05, 3.63) is 35.5 Å². The standard InChI is InChI=1S/C24H38N6O2/c1-16-14-29(10-11-30(16)17(2)15-31-5)22(28-4)13-21(26)23(27)19-12-18(6-7-20(19)25)32-24(3)8-9-24/h6-7,12-13,16-17,27H,8-11,14-15,25-26H2,1-5H3/b21-13-,27-23?,28-22?/t16-,17?/m1/s1. The van der Waals surface area contributed by atoms with Crippen LogP contribution in [0, 0.1) is 5.41 Å². The van der Waals surface area contributed by atoms with Crippen LogP contribution in [-0.2, 0) is 4.74 Å². The Hall–Kier alpha value is -2.58. The van der Waals surface area contributed by atoms with Crippen molar-refractivity contribution in [3.63, 3.8) is 0 Å². The molecule has 0 amide bonds. The molecule has 176 valence electrons. The summed E-state index contributed by atoms with van der Waals surface area (Å²) in [5.41, 5.74) is 14.0. The van der Waals surface area contributed by atoms with Crippen LogP contribution in [0.25, 0.3) is 0 Å². The van der Waals surface area contributed by atoms with Crippen LogP contribution in [0.1, 0.15) is 39.2 Å². The molecule has 5 N–H and O–H groups in total. The van der Waals surface area contributed by atoms with Gasteiger partial charge >= 0.3 is 0 Å². The highest BCUT2D eigenvalue weighted by molar-refractivity contribution is 6.15. The fraction of sp³-hybridized carbons (Fsp3) is 0.583. The average molecular weight is 443 g/mol. The maximum Gasteiger partial charge on any atom is 0.125 e. The van der Waals surface area contributed by atoms with Crippen molar-refractivity contribution in [3.8, 4) is 5.75 Å². The summed E-state index contributed by atoms with van der Waals surface area (Å²) in [5, 5.41) is 8.65. The Morgan fingerprint density at radius 1 is 1.38 bits per heavy atom. The quantitative estimate of drug-likeness (QED) is 0.324. The molecule has 32 heavy (non-hydrogen) atoms. The molecule has 0 spiro atoms. The molecule has 2 fully saturated rings. The van der Waals surface area contributed by atoms with Crippen molar-refractivity contribution < 1.29 is 9.47 Å². The van der Waals surface area contributed by atoms with Gasteiger partial charge in [-0.15, -0.1) is 0 Å². The van der Waals surface area contributed by atoms with Crippen LogP contribution in [0.3, 0.4) is 0 Å². The van der Waals surface area contributed by atoms with E-state index in [1.54, 1.807) is 26.3 Å². The minimum Gasteiger partial charge on any atom is -0.488 e. The second kappa shape index (κ2) is 9.92. The lowest BCUT2D eigenvalue weighted by atomic mass is 10.0. The topological polar surface area (TPSA) is 113 Å². The molecule has 0 radical (unpaired) electrons. The van der Waals surface area contributed by atoms with Gasteiger partial charge in [-0.25, -0.2) is 0 Å². The van der Waals surface area contributed by atoms with Gasteiger partial charge in [0.1, 0.15) is 17.2 Å². The summed E-state index contributed by atoms with van der Waals surface area (Å²) in [6.45, 7) is 9.80. The van der Waals surface area contributed by atoms with Crippen LogP contribution >= 0.6 is 0 Å². The summed E-state index contributed by atoms with van der Waals surface area (Å²) in [7, 11) is 3.50. The van der Waals surface area contributed by atoms with Crippen LogP contribution in [0.15, 0.2) is 35.0 Å². The highest BCUT2D eigenvalue weighted by Gasteiger charge is 2.40. The fourth-order valence-electron chi connectivity index (χ4n) is 4.21. The number of hydrogen-bond acceptors (Lipinski definition) is 7. The van der Waals surface area contributed by atoms with Crippen molar-refractivity contribution in [1.82, 2.24) is 9.80 Å². The zero-order chi connectivity index (χ0) is 23.5. The van der Waals surface area contributed by atoms with Gasteiger partial charge in [-0.3, -0.25) is 15.3 Å². The smallest absolute Gasteiger partial charge is 0.125 e. The highest BCUT2D eigenvalue weighted by atomic mass is 16.5. The van der Waals surface area contributed by atoms with Gasteiger partial charge in [0.15, 0.2) is 0 Å². The van der Waals surface area contributed by atoms with Crippen LogP contribution in [0.5, 0.6) is 5.75 Å². The first-order chi connectivity index (χ1) is 15.2. The number of nitrogens with zero attached hydrogens (tertiary/aromatic N) is 3. The van der Waals surface area contributed by atoms with Gasteiger partial charge in [-0.05, 0) is 51.8 Å². The Morgan fingerprint density at radius 3 is 2.69 bits per heavy atom. The van der Waals surface area contributed by atoms with Gasteiger partial charge in [-0.1, -0.05) is 0 Å². The lowest BCUT2D eigenvalue weighted by Crippen LogP contribution is -2.56. The number of allylic oxidation sites excluding steroid dienone is 1. The first kappa shape index (κ1) is 24.1. The third kappa shape index (κ3) is 5.61. The minimum absolute atomic E-state index is 0.0986. The summed E-state index contributed by atoms with van der Waals surface area (Å²) < 4.78 is 11.4. The van der Waals surface area contributed by atoms with E-state index in [0.29, 0.717) is 41.4 Å². The molecule has 1 aliphatic carbocycles. The van der Waals surface area contributed by atoms with E-state index in [0.717, 1.165) is 38.3 Å². The summed E-state index contributed by atoms with van der Waals surface area (Å²) in [6.07, 6.45) is 3.86. The first-order valence-corrected chi connectivity index (χ1v) is 11.3. The molecule has 3 rings (SSSR count). The second-order valence-electron chi connectivity index (χ2n) is 9.19. The van der Waals surface area contributed by atoms with Crippen LogP contribution in [0.4, 0.5) is 5.69 Å². The number of nitrogens with two attached hydrogens (primary N) is 2. The minimum atomic E-state index is -0.0986. The van der Waals surface area contributed by atoms with E-state index >= 15 is 0 Å². The number of amidine groups is 1. The zero-order valence-electron chi connectivity index (χ0n) is 20.0. The predicted octanol–water partition coefficient (Wildman–Crippen LogP) is 2.48. The number of nitrogens with one attached hydrogen (secondary N) is 1. The molecule has 2 atom stereocenters. The number of hydrogen-bond donors (Lipinski definition) is 3. The molecular formula is C24H38N6O2. The van der Waals surface area contributed by atoms with E-state index in [4.69, 9.17) is 26.4 Å². The molecule has 0 bridgehead atoms. The molecule has 1 saturated carbocycles. The maximum absolute atomic E-state index is 8.65. The second-order valence-corrected chi connectivity index (χ2v) is 9.19. The normalized spacial score (nSPS) is 22.5. The van der Waals surface area contributed by atoms with Crippen molar-refractivity contribution >= 4 is 17.2 Å². The number of piperazine rings is 1. The fourth-order valence-corrected chi connectivity index (χ4v) is 4.21. The summed E-state index contributed by atoms with van der Waals surface area (Å²) in [4.78, 5) is 9.13. The molecule has 1 unspecified atom stereocenters. The largest absolute Gasteiger partial charge is 0.488 e. The molecule has 1 aliphatic heterocycles. The maximum atomic E-state index is 8.65. The van der Waals surface area contributed by atoms with E-state index in [1.807, 2.05) is 12.1 Å². The molecule has 1 aromatic rings. The Balaban J connectivity index is 1.71. The number of ether oxygens (including phenoxy) is 2. The van der Waals surface area contributed by atoms with Gasteiger partial charge < -0.3 is 25.8 Å². The average Bonchev–Trinajstić information content (AvgIpc) is 3.49. The van der Waals surface area contributed by atoms with Crippen molar-refractivity contribution in [2.24, 2.45) is 10.7 Å². The number of benzene rings is 1. The van der Waals surface area contributed by atoms with Crippen molar-refractivity contribution in [1.29, 1.82) is 5.41 Å². The Bertz CT molecular complexity index is 892. The molecule has 0 aromatic heterocycles. The summed E-state index contributed by atoms with van der Waals surface area (Å²) in [6, 6.07) is 6.15. The molecule has 8 nitrogen and oxygen atoms in total. The summed E-state index contributed by atoms with van der Waals surface area (Å²) >= 11 is 0. The third-order valence-electron chi connectivity index (χ3n) is 6.39. The number of methoxy groups -OCH3 is 1. The van der Waals surface area contributed by atoms with Gasteiger partial charge in [0.2, 0.25) is 0 Å². The Kier molecular flexibility index (Phi) is 7.46. The monoisotopic (exact) mass is 442 g/mol. The molecule has 1 aromatic carbocycles. The van der Waals surface area contributed by atoms with E-state index in [1.165, 1.54) is 0 Å². The molecule has 8 heteroatoms. The Labute approximate surface area is 191 Å². The summed E-state index contributed by atoms with van der Waals surface area (Å²) in [5.74, 6) is 1.49. The lowest BCUT2D eigenvalue weighted by Gasteiger charge is -2.43.